The van der Waals surface area contributed by atoms with Crippen molar-refractivity contribution in [2.45, 2.75) is 25.0 Å². The maximum absolute atomic E-state index is 12.1. The summed E-state index contributed by atoms with van der Waals surface area (Å²) in [6.07, 6.45) is 0.456. The Bertz CT molecular complexity index is 692. The van der Waals surface area contributed by atoms with Crippen molar-refractivity contribution in [3.63, 3.8) is 0 Å². The highest BCUT2D eigenvalue weighted by Crippen LogP contribution is 2.19. The first-order chi connectivity index (χ1) is 9.25. The minimum absolute atomic E-state index is 0.00195. The van der Waals surface area contributed by atoms with Crippen LogP contribution in [0.3, 0.4) is 0 Å². The molecule has 0 bridgehead atoms. The zero-order valence-electron chi connectivity index (χ0n) is 11.0. The van der Waals surface area contributed by atoms with Gasteiger partial charge in [0.2, 0.25) is 0 Å². The number of aliphatic hydroxyl groups excluding tert-OH is 1. The molecule has 3 N–H and O–H groups in total. The lowest BCUT2D eigenvalue weighted by Crippen LogP contribution is -2.30. The van der Waals surface area contributed by atoms with Crippen LogP contribution in [0.4, 0.5) is 0 Å². The van der Waals surface area contributed by atoms with E-state index in [4.69, 9.17) is 5.11 Å². The van der Waals surface area contributed by atoms with E-state index < -0.39 is 26.5 Å². The molecule has 1 aromatic rings. The normalized spacial score (nSPS) is 22.2. The standard InChI is InChI=1S/C10H17N3O5S2/c1-7-9(5-14)10(13-12-7)20(17,18)11-4-8-2-3-19(15,16)6-8/h8,11,14H,2-6H2,1H3,(H,12,13). The van der Waals surface area contributed by atoms with Crippen molar-refractivity contribution in [2.75, 3.05) is 18.1 Å². The van der Waals surface area contributed by atoms with Crippen molar-refractivity contribution in [3.05, 3.63) is 11.3 Å². The molecule has 2 heterocycles. The topological polar surface area (TPSA) is 129 Å². The van der Waals surface area contributed by atoms with Gasteiger partial charge in [-0.25, -0.2) is 21.6 Å². The molecule has 1 atom stereocenters. The molecule has 114 valence electrons. The van der Waals surface area contributed by atoms with E-state index in [0.29, 0.717) is 12.1 Å². The first-order valence-electron chi connectivity index (χ1n) is 6.10. The summed E-state index contributed by atoms with van der Waals surface area (Å²) in [7, 11) is -6.89. The Balaban J connectivity index is 2.08. The van der Waals surface area contributed by atoms with Crippen molar-refractivity contribution >= 4 is 19.9 Å². The predicted molar refractivity (Wildman–Crippen MR) is 71.2 cm³/mol. The number of H-pyrrole nitrogens is 1. The van der Waals surface area contributed by atoms with Crippen LogP contribution in [0.1, 0.15) is 17.7 Å². The molecule has 8 nitrogen and oxygen atoms in total. The minimum atomic E-state index is -3.85. The van der Waals surface area contributed by atoms with Gasteiger partial charge < -0.3 is 5.11 Å². The number of aliphatic hydroxyl groups is 1. The third-order valence-electron chi connectivity index (χ3n) is 3.34. The van der Waals surface area contributed by atoms with E-state index in [-0.39, 0.29) is 34.6 Å². The Morgan fingerprint density at radius 3 is 2.75 bits per heavy atom. The molecule has 1 aliphatic rings. The van der Waals surface area contributed by atoms with Gasteiger partial charge in [-0.05, 0) is 19.3 Å². The van der Waals surface area contributed by atoms with Gasteiger partial charge in [-0.2, -0.15) is 5.10 Å². The Morgan fingerprint density at radius 1 is 1.50 bits per heavy atom. The molecule has 0 saturated carbocycles. The molecule has 0 amide bonds. The Kier molecular flexibility index (Phi) is 4.19. The number of aromatic amines is 1. The van der Waals surface area contributed by atoms with Gasteiger partial charge in [0.25, 0.3) is 10.0 Å². The largest absolute Gasteiger partial charge is 0.392 e. The summed E-state index contributed by atoms with van der Waals surface area (Å²) in [6, 6.07) is 0. The van der Waals surface area contributed by atoms with Crippen LogP contribution in [0.15, 0.2) is 5.03 Å². The number of hydrogen-bond acceptors (Lipinski definition) is 6. The van der Waals surface area contributed by atoms with E-state index in [1.807, 2.05) is 0 Å². The van der Waals surface area contributed by atoms with Crippen LogP contribution in [0, 0.1) is 12.8 Å². The summed E-state index contributed by atoms with van der Waals surface area (Å²) in [5.74, 6) is -0.113. The number of aromatic nitrogens is 2. The molecule has 1 unspecified atom stereocenters. The zero-order chi connectivity index (χ0) is 15.0. The Morgan fingerprint density at radius 2 is 2.20 bits per heavy atom. The average Bonchev–Trinajstić information content (AvgIpc) is 2.90. The zero-order valence-corrected chi connectivity index (χ0v) is 12.6. The molecule has 2 rings (SSSR count). The van der Waals surface area contributed by atoms with Crippen LogP contribution >= 0.6 is 0 Å². The average molecular weight is 323 g/mol. The van der Waals surface area contributed by atoms with Crippen LogP contribution in [0.5, 0.6) is 0 Å². The summed E-state index contributed by atoms with van der Waals surface area (Å²) in [5, 5.41) is 15.1. The molecular weight excluding hydrogens is 306 g/mol. The fourth-order valence-corrected chi connectivity index (χ4v) is 5.33. The lowest BCUT2D eigenvalue weighted by atomic mass is 10.1. The van der Waals surface area contributed by atoms with Crippen LogP contribution in [-0.2, 0) is 26.5 Å². The molecule has 1 aliphatic heterocycles. The van der Waals surface area contributed by atoms with Gasteiger partial charge in [0.15, 0.2) is 14.9 Å². The van der Waals surface area contributed by atoms with Gasteiger partial charge in [-0.1, -0.05) is 0 Å². The predicted octanol–water partition coefficient (Wildman–Crippen LogP) is -1.08. The van der Waals surface area contributed by atoms with Crippen LogP contribution in [-0.4, -0.2) is 50.2 Å². The second kappa shape index (κ2) is 5.43. The molecule has 0 spiro atoms. The Labute approximate surface area is 117 Å². The lowest BCUT2D eigenvalue weighted by Gasteiger charge is -2.09. The summed E-state index contributed by atoms with van der Waals surface area (Å²) in [6.45, 7) is 1.23. The van der Waals surface area contributed by atoms with E-state index in [0.717, 1.165) is 0 Å². The van der Waals surface area contributed by atoms with Gasteiger partial charge >= 0.3 is 0 Å². The highest BCUT2D eigenvalue weighted by atomic mass is 32.2. The van der Waals surface area contributed by atoms with Crippen molar-refractivity contribution in [3.8, 4) is 0 Å². The quantitative estimate of drug-likeness (QED) is 0.632. The van der Waals surface area contributed by atoms with E-state index in [1.165, 1.54) is 0 Å². The molecule has 0 radical (unpaired) electrons. The molecule has 20 heavy (non-hydrogen) atoms. The van der Waals surface area contributed by atoms with Crippen molar-refractivity contribution in [1.29, 1.82) is 0 Å². The van der Waals surface area contributed by atoms with Gasteiger partial charge in [0.05, 0.1) is 18.1 Å². The number of rotatable bonds is 5. The van der Waals surface area contributed by atoms with Gasteiger partial charge in [0, 0.05) is 17.8 Å². The van der Waals surface area contributed by atoms with E-state index in [1.54, 1.807) is 6.92 Å². The lowest BCUT2D eigenvalue weighted by molar-refractivity contribution is 0.277. The summed E-state index contributed by atoms with van der Waals surface area (Å²) in [5.41, 5.74) is 0.702. The maximum Gasteiger partial charge on any atom is 0.260 e. The minimum Gasteiger partial charge on any atom is -0.392 e. The number of sulfonamides is 1. The number of hydrogen-bond donors (Lipinski definition) is 3. The molecule has 0 aliphatic carbocycles. The van der Waals surface area contributed by atoms with Crippen LogP contribution < -0.4 is 4.72 Å². The van der Waals surface area contributed by atoms with Gasteiger partial charge in [0.1, 0.15) is 0 Å². The van der Waals surface area contributed by atoms with E-state index in [9.17, 15) is 16.8 Å². The number of nitrogens with zero attached hydrogens (tertiary/aromatic N) is 1. The number of aryl methyl sites for hydroxylation is 1. The van der Waals surface area contributed by atoms with E-state index in [2.05, 4.69) is 14.9 Å². The summed E-state index contributed by atoms with van der Waals surface area (Å²) < 4.78 is 49.2. The third kappa shape index (κ3) is 3.19. The van der Waals surface area contributed by atoms with Crippen molar-refractivity contribution < 1.29 is 21.9 Å². The number of nitrogens with one attached hydrogen (secondary N) is 2. The first-order valence-corrected chi connectivity index (χ1v) is 9.40. The molecule has 10 heteroatoms. The van der Waals surface area contributed by atoms with E-state index >= 15 is 0 Å². The second-order valence-electron chi connectivity index (χ2n) is 4.91. The third-order valence-corrected chi connectivity index (χ3v) is 6.57. The molecule has 1 fully saturated rings. The number of sulfone groups is 1. The molecular formula is C10H17N3O5S2. The molecule has 1 aromatic heterocycles. The molecule has 1 saturated heterocycles. The smallest absolute Gasteiger partial charge is 0.260 e. The Hall–Kier alpha value is -0.970. The van der Waals surface area contributed by atoms with Crippen LogP contribution in [0.25, 0.3) is 0 Å². The SMILES string of the molecule is Cc1[nH]nc(S(=O)(=O)NCC2CCS(=O)(=O)C2)c1CO. The molecule has 0 aromatic carbocycles. The summed E-state index contributed by atoms with van der Waals surface area (Å²) in [4.78, 5) is 0. The highest BCUT2D eigenvalue weighted by molar-refractivity contribution is 7.91. The maximum atomic E-state index is 12.1. The van der Waals surface area contributed by atoms with Crippen LogP contribution in [0.2, 0.25) is 0 Å². The first kappa shape index (κ1) is 15.4. The van der Waals surface area contributed by atoms with Gasteiger partial charge in [-0.15, -0.1) is 0 Å². The highest BCUT2D eigenvalue weighted by Gasteiger charge is 2.30. The summed E-state index contributed by atoms with van der Waals surface area (Å²) >= 11 is 0. The monoisotopic (exact) mass is 323 g/mol. The fraction of sp³-hybridized carbons (Fsp3) is 0.700. The fourth-order valence-electron chi connectivity index (χ4n) is 2.17. The van der Waals surface area contributed by atoms with Gasteiger partial charge in [-0.3, -0.25) is 5.10 Å². The van der Waals surface area contributed by atoms with Crippen molar-refractivity contribution in [2.24, 2.45) is 5.92 Å². The second-order valence-corrected chi connectivity index (χ2v) is 8.82. The van der Waals surface area contributed by atoms with Crippen molar-refractivity contribution in [1.82, 2.24) is 14.9 Å².